The predicted octanol–water partition coefficient (Wildman–Crippen LogP) is 4.05. The third-order valence-electron chi connectivity index (χ3n) is 3.57. The molecule has 0 aliphatic heterocycles. The minimum Gasteiger partial charge on any atom is -0.384 e. The third-order valence-corrected chi connectivity index (χ3v) is 4.97. The molecule has 0 amide bonds. The predicted molar refractivity (Wildman–Crippen MR) is 65.4 cm³/mol. The van der Waals surface area contributed by atoms with E-state index in [1.807, 2.05) is 12.1 Å². The van der Waals surface area contributed by atoms with Crippen molar-refractivity contribution in [1.82, 2.24) is 0 Å². The van der Waals surface area contributed by atoms with Gasteiger partial charge in [0.25, 0.3) is 0 Å². The van der Waals surface area contributed by atoms with Crippen molar-refractivity contribution in [3.63, 3.8) is 0 Å². The Hall–Kier alpha value is -0.0500. The van der Waals surface area contributed by atoms with Crippen LogP contribution in [0.15, 0.2) is 12.1 Å². The summed E-state index contributed by atoms with van der Waals surface area (Å²) in [5, 5.41) is 10.7. The fraction of sp³-hybridized carbons (Fsp3) is 0.667. The molecular weight excluding hydrogens is 228 g/mol. The third kappa shape index (κ3) is 2.08. The van der Waals surface area contributed by atoms with Gasteiger partial charge in [-0.05, 0) is 36.8 Å². The van der Waals surface area contributed by atoms with Gasteiger partial charge in [-0.15, -0.1) is 11.3 Å². The summed E-state index contributed by atoms with van der Waals surface area (Å²) in [7, 11) is 0. The summed E-state index contributed by atoms with van der Waals surface area (Å²) < 4.78 is 0.767. The topological polar surface area (TPSA) is 20.2 Å². The molecule has 1 saturated carbocycles. The maximum absolute atomic E-state index is 10.7. The van der Waals surface area contributed by atoms with E-state index in [0.717, 1.165) is 22.1 Å². The van der Waals surface area contributed by atoms with Gasteiger partial charge < -0.3 is 5.11 Å². The van der Waals surface area contributed by atoms with Crippen molar-refractivity contribution in [3.05, 3.63) is 21.3 Å². The summed E-state index contributed by atoms with van der Waals surface area (Å²) in [6, 6.07) is 3.85. The van der Waals surface area contributed by atoms with Gasteiger partial charge in [-0.2, -0.15) is 0 Å². The van der Waals surface area contributed by atoms with E-state index in [9.17, 15) is 5.11 Å². The van der Waals surface area contributed by atoms with Crippen LogP contribution in [-0.4, -0.2) is 5.11 Å². The molecule has 3 heteroatoms. The second kappa shape index (κ2) is 4.08. The molecule has 1 fully saturated rings. The Morgan fingerprint density at radius 2 is 2.13 bits per heavy atom. The first-order valence-electron chi connectivity index (χ1n) is 5.50. The van der Waals surface area contributed by atoms with Crippen molar-refractivity contribution in [1.29, 1.82) is 0 Å². The number of rotatable bonds is 1. The lowest BCUT2D eigenvalue weighted by Crippen LogP contribution is -2.38. The molecule has 1 aliphatic rings. The average Bonchev–Trinajstić information content (AvgIpc) is 2.59. The fourth-order valence-corrected chi connectivity index (χ4v) is 3.75. The SMILES string of the molecule is CC1CCC(C)C(O)(c2ccc(Cl)s2)C1. The highest BCUT2D eigenvalue weighted by molar-refractivity contribution is 7.16. The fourth-order valence-electron chi connectivity index (χ4n) is 2.50. The molecule has 0 aromatic carbocycles. The van der Waals surface area contributed by atoms with E-state index in [-0.39, 0.29) is 0 Å². The van der Waals surface area contributed by atoms with E-state index in [4.69, 9.17) is 11.6 Å². The van der Waals surface area contributed by atoms with Crippen molar-refractivity contribution in [3.8, 4) is 0 Å². The van der Waals surface area contributed by atoms with Crippen LogP contribution in [0.2, 0.25) is 4.34 Å². The highest BCUT2D eigenvalue weighted by atomic mass is 35.5. The monoisotopic (exact) mass is 244 g/mol. The van der Waals surface area contributed by atoms with Crippen LogP contribution in [0, 0.1) is 11.8 Å². The Morgan fingerprint density at radius 3 is 2.73 bits per heavy atom. The first kappa shape index (κ1) is 11.4. The molecule has 3 unspecified atom stereocenters. The van der Waals surface area contributed by atoms with Crippen molar-refractivity contribution in [2.24, 2.45) is 11.8 Å². The molecule has 3 atom stereocenters. The number of aliphatic hydroxyl groups is 1. The Morgan fingerprint density at radius 1 is 1.40 bits per heavy atom. The molecule has 0 radical (unpaired) electrons. The molecule has 0 saturated heterocycles. The standard InChI is InChI=1S/C12H17ClOS/c1-8-3-4-9(2)12(14,7-8)10-5-6-11(13)15-10/h5-6,8-9,14H,3-4,7H2,1-2H3. The summed E-state index contributed by atoms with van der Waals surface area (Å²) >= 11 is 7.45. The second-order valence-corrected chi connectivity index (χ2v) is 6.53. The zero-order valence-electron chi connectivity index (χ0n) is 9.16. The lowest BCUT2D eigenvalue weighted by Gasteiger charge is -2.40. The van der Waals surface area contributed by atoms with Crippen LogP contribution in [-0.2, 0) is 5.60 Å². The number of hydrogen-bond donors (Lipinski definition) is 1. The summed E-state index contributed by atoms with van der Waals surface area (Å²) in [5.74, 6) is 0.940. The van der Waals surface area contributed by atoms with E-state index < -0.39 is 5.60 Å². The van der Waals surface area contributed by atoms with Gasteiger partial charge in [0, 0.05) is 4.88 Å². The minimum absolute atomic E-state index is 0.336. The minimum atomic E-state index is -0.643. The first-order valence-corrected chi connectivity index (χ1v) is 6.70. The smallest absolute Gasteiger partial charge is 0.102 e. The second-order valence-electron chi connectivity index (χ2n) is 4.82. The molecule has 15 heavy (non-hydrogen) atoms. The van der Waals surface area contributed by atoms with Gasteiger partial charge in [0.1, 0.15) is 5.60 Å². The average molecular weight is 245 g/mol. The zero-order chi connectivity index (χ0) is 11.1. The molecule has 1 aromatic heterocycles. The summed E-state index contributed by atoms with van der Waals surface area (Å²) in [5.41, 5.74) is -0.643. The molecular formula is C12H17ClOS. The molecule has 84 valence electrons. The van der Waals surface area contributed by atoms with E-state index in [1.165, 1.54) is 17.8 Å². The van der Waals surface area contributed by atoms with Crippen LogP contribution in [0.3, 0.4) is 0 Å². The van der Waals surface area contributed by atoms with Gasteiger partial charge in [0.05, 0.1) is 4.34 Å². The summed E-state index contributed by atoms with van der Waals surface area (Å²) in [6.45, 7) is 4.35. The highest BCUT2D eigenvalue weighted by Crippen LogP contribution is 2.46. The highest BCUT2D eigenvalue weighted by Gasteiger charge is 2.41. The Bertz CT molecular complexity index is 349. The number of thiophene rings is 1. The van der Waals surface area contributed by atoms with Crippen LogP contribution in [0.4, 0.5) is 0 Å². The zero-order valence-corrected chi connectivity index (χ0v) is 10.7. The van der Waals surface area contributed by atoms with Crippen LogP contribution < -0.4 is 0 Å². The van der Waals surface area contributed by atoms with Gasteiger partial charge in [-0.25, -0.2) is 0 Å². The van der Waals surface area contributed by atoms with Crippen LogP contribution in [0.1, 0.15) is 38.0 Å². The molecule has 0 spiro atoms. The van der Waals surface area contributed by atoms with E-state index in [2.05, 4.69) is 13.8 Å². The van der Waals surface area contributed by atoms with Gasteiger partial charge in [0.15, 0.2) is 0 Å². The van der Waals surface area contributed by atoms with Crippen LogP contribution in [0.5, 0.6) is 0 Å². The van der Waals surface area contributed by atoms with E-state index >= 15 is 0 Å². The van der Waals surface area contributed by atoms with Crippen molar-refractivity contribution in [2.75, 3.05) is 0 Å². The van der Waals surface area contributed by atoms with E-state index in [0.29, 0.717) is 11.8 Å². The van der Waals surface area contributed by atoms with Crippen molar-refractivity contribution >= 4 is 22.9 Å². The van der Waals surface area contributed by atoms with Gasteiger partial charge in [-0.3, -0.25) is 0 Å². The lowest BCUT2D eigenvalue weighted by atomic mass is 9.71. The molecule has 1 aliphatic carbocycles. The maximum Gasteiger partial charge on any atom is 0.102 e. The Labute approximate surface area is 100 Å². The Balaban J connectivity index is 2.30. The molecule has 1 heterocycles. The van der Waals surface area contributed by atoms with E-state index in [1.54, 1.807) is 0 Å². The van der Waals surface area contributed by atoms with Crippen LogP contribution >= 0.6 is 22.9 Å². The molecule has 1 N–H and O–H groups in total. The van der Waals surface area contributed by atoms with Crippen molar-refractivity contribution < 1.29 is 5.11 Å². The molecule has 0 bridgehead atoms. The van der Waals surface area contributed by atoms with Crippen LogP contribution in [0.25, 0.3) is 0 Å². The van der Waals surface area contributed by atoms with Gasteiger partial charge in [0.2, 0.25) is 0 Å². The summed E-state index contributed by atoms with van der Waals surface area (Å²) in [6.07, 6.45) is 3.20. The first-order chi connectivity index (χ1) is 7.02. The molecule has 1 aromatic rings. The quantitative estimate of drug-likeness (QED) is 0.791. The molecule has 2 rings (SSSR count). The summed E-state index contributed by atoms with van der Waals surface area (Å²) in [4.78, 5) is 1.03. The van der Waals surface area contributed by atoms with Gasteiger partial charge >= 0.3 is 0 Å². The maximum atomic E-state index is 10.7. The number of halogens is 1. The van der Waals surface area contributed by atoms with Gasteiger partial charge in [-0.1, -0.05) is 31.9 Å². The Kier molecular flexibility index (Phi) is 3.11. The van der Waals surface area contributed by atoms with Crippen molar-refractivity contribution in [2.45, 2.75) is 38.7 Å². The lowest BCUT2D eigenvalue weighted by molar-refractivity contribution is -0.0597. The normalized spacial score (nSPS) is 36.8. The number of hydrogen-bond acceptors (Lipinski definition) is 2. The molecule has 1 nitrogen and oxygen atoms in total. The largest absolute Gasteiger partial charge is 0.384 e.